The molecule has 1 aliphatic rings. The molecule has 134 valence electrons. The zero-order chi connectivity index (χ0) is 18.7. The molecular formula is C20H18BrNO3S. The largest absolute Gasteiger partial charge is 0.493 e. The molecule has 6 heteroatoms. The summed E-state index contributed by atoms with van der Waals surface area (Å²) in [6.45, 7) is 4.79. The van der Waals surface area contributed by atoms with Crippen molar-refractivity contribution in [1.82, 2.24) is 4.90 Å². The van der Waals surface area contributed by atoms with Gasteiger partial charge >= 0.3 is 0 Å². The van der Waals surface area contributed by atoms with E-state index < -0.39 is 0 Å². The molecule has 1 heterocycles. The number of benzene rings is 2. The first-order valence-electron chi connectivity index (χ1n) is 8.21. The lowest BCUT2D eigenvalue weighted by molar-refractivity contribution is -0.123. The number of hydrogen-bond donors (Lipinski definition) is 0. The molecule has 0 N–H and O–H groups in total. The van der Waals surface area contributed by atoms with E-state index in [0.29, 0.717) is 11.5 Å². The van der Waals surface area contributed by atoms with Crippen LogP contribution < -0.4 is 4.74 Å². The normalized spacial score (nSPS) is 15.8. The first-order valence-corrected chi connectivity index (χ1v) is 9.82. The van der Waals surface area contributed by atoms with Gasteiger partial charge in [-0.2, -0.15) is 0 Å². The summed E-state index contributed by atoms with van der Waals surface area (Å²) < 4.78 is 6.30. The van der Waals surface area contributed by atoms with E-state index >= 15 is 0 Å². The summed E-state index contributed by atoms with van der Waals surface area (Å²) in [7, 11) is 0. The minimum Gasteiger partial charge on any atom is -0.493 e. The summed E-state index contributed by atoms with van der Waals surface area (Å²) in [5, 5.41) is -0.244. The van der Waals surface area contributed by atoms with Crippen molar-refractivity contribution in [3.05, 3.63) is 68.5 Å². The zero-order valence-electron chi connectivity index (χ0n) is 14.5. The van der Waals surface area contributed by atoms with Crippen LogP contribution in [0.25, 0.3) is 6.08 Å². The van der Waals surface area contributed by atoms with Crippen LogP contribution >= 0.6 is 27.7 Å². The number of thioether (sulfide) groups is 1. The second-order valence-electron chi connectivity index (χ2n) is 5.88. The summed E-state index contributed by atoms with van der Waals surface area (Å²) in [6.07, 6.45) is 1.74. The summed E-state index contributed by atoms with van der Waals surface area (Å²) in [6, 6.07) is 13.4. The second kappa shape index (κ2) is 8.10. The van der Waals surface area contributed by atoms with E-state index in [1.807, 2.05) is 56.3 Å². The van der Waals surface area contributed by atoms with Crippen molar-refractivity contribution in [3.63, 3.8) is 0 Å². The topological polar surface area (TPSA) is 46.6 Å². The molecule has 4 nitrogen and oxygen atoms in total. The van der Waals surface area contributed by atoms with Crippen LogP contribution in [0.3, 0.4) is 0 Å². The molecule has 0 radical (unpaired) electrons. The average Bonchev–Trinajstić information content (AvgIpc) is 2.87. The van der Waals surface area contributed by atoms with E-state index in [2.05, 4.69) is 15.9 Å². The third-order valence-electron chi connectivity index (χ3n) is 3.89. The van der Waals surface area contributed by atoms with E-state index in [1.165, 1.54) is 4.90 Å². The Labute approximate surface area is 165 Å². The maximum atomic E-state index is 12.6. The number of carbonyl (C=O) groups is 2. The highest BCUT2D eigenvalue weighted by Crippen LogP contribution is 2.34. The van der Waals surface area contributed by atoms with Crippen molar-refractivity contribution in [1.29, 1.82) is 0 Å². The molecule has 2 aromatic rings. The molecule has 0 saturated carbocycles. The Balaban J connectivity index is 1.78. The summed E-state index contributed by atoms with van der Waals surface area (Å²) in [4.78, 5) is 26.6. The van der Waals surface area contributed by atoms with Gasteiger partial charge < -0.3 is 4.74 Å². The molecule has 0 unspecified atom stereocenters. The Morgan fingerprint density at radius 1 is 1.15 bits per heavy atom. The van der Waals surface area contributed by atoms with Gasteiger partial charge in [-0.3, -0.25) is 14.5 Å². The number of carbonyl (C=O) groups excluding carboxylic acids is 2. The number of halogens is 1. The van der Waals surface area contributed by atoms with Gasteiger partial charge in [0.1, 0.15) is 5.75 Å². The maximum absolute atomic E-state index is 12.6. The van der Waals surface area contributed by atoms with Crippen LogP contribution in [0.15, 0.2) is 51.8 Å². The van der Waals surface area contributed by atoms with Crippen LogP contribution in [0, 0.1) is 6.92 Å². The quantitative estimate of drug-likeness (QED) is 0.595. The Morgan fingerprint density at radius 3 is 2.54 bits per heavy atom. The molecular weight excluding hydrogens is 414 g/mol. The van der Waals surface area contributed by atoms with Gasteiger partial charge in [-0.15, -0.1) is 0 Å². The van der Waals surface area contributed by atoms with E-state index in [0.717, 1.165) is 38.7 Å². The molecule has 2 aromatic carbocycles. The minimum atomic E-state index is -0.259. The molecule has 26 heavy (non-hydrogen) atoms. The third kappa shape index (κ3) is 4.19. The van der Waals surface area contributed by atoms with Crippen LogP contribution in [-0.4, -0.2) is 22.7 Å². The fourth-order valence-electron chi connectivity index (χ4n) is 2.54. The molecule has 0 aliphatic carbocycles. The van der Waals surface area contributed by atoms with Gasteiger partial charge in [-0.1, -0.05) is 35.9 Å². The molecule has 1 fully saturated rings. The van der Waals surface area contributed by atoms with E-state index in [-0.39, 0.29) is 17.7 Å². The van der Waals surface area contributed by atoms with Crippen molar-refractivity contribution in [3.8, 4) is 5.75 Å². The third-order valence-corrected chi connectivity index (χ3v) is 5.42. The summed E-state index contributed by atoms with van der Waals surface area (Å²) in [5.41, 5.74) is 2.91. The van der Waals surface area contributed by atoms with Gasteiger partial charge in [-0.05, 0) is 70.9 Å². The van der Waals surface area contributed by atoms with E-state index in [9.17, 15) is 9.59 Å². The molecule has 0 aromatic heterocycles. The Morgan fingerprint density at radius 2 is 1.88 bits per heavy atom. The van der Waals surface area contributed by atoms with Crippen molar-refractivity contribution in [2.24, 2.45) is 0 Å². The Bertz CT molecular complexity index is 877. The second-order valence-corrected chi connectivity index (χ2v) is 7.72. The molecule has 3 rings (SSSR count). The SMILES string of the molecule is CCOc1ccc(/C=C2\SC(=O)N(Cc3ccc(C)cc3)C2=O)cc1Br. The lowest BCUT2D eigenvalue weighted by Crippen LogP contribution is -2.27. The monoisotopic (exact) mass is 431 g/mol. The van der Waals surface area contributed by atoms with Crippen LogP contribution in [-0.2, 0) is 11.3 Å². The lowest BCUT2D eigenvalue weighted by atomic mass is 10.1. The first-order chi connectivity index (χ1) is 12.5. The first kappa shape index (κ1) is 18.7. The van der Waals surface area contributed by atoms with Gasteiger partial charge in [0, 0.05) is 0 Å². The number of imide groups is 1. The van der Waals surface area contributed by atoms with E-state index in [1.54, 1.807) is 6.08 Å². The number of hydrogen-bond acceptors (Lipinski definition) is 4. The highest BCUT2D eigenvalue weighted by molar-refractivity contribution is 9.10. The van der Waals surface area contributed by atoms with E-state index in [4.69, 9.17) is 4.74 Å². The van der Waals surface area contributed by atoms with Crippen LogP contribution in [0.2, 0.25) is 0 Å². The summed E-state index contributed by atoms with van der Waals surface area (Å²) >= 11 is 4.43. The van der Waals surface area contributed by atoms with Crippen molar-refractivity contribution >= 4 is 44.9 Å². The van der Waals surface area contributed by atoms with Crippen molar-refractivity contribution in [2.45, 2.75) is 20.4 Å². The average molecular weight is 432 g/mol. The molecule has 0 bridgehead atoms. The number of aryl methyl sites for hydroxylation is 1. The van der Waals surface area contributed by atoms with Gasteiger partial charge in [0.2, 0.25) is 0 Å². The number of rotatable bonds is 5. The highest BCUT2D eigenvalue weighted by atomic mass is 79.9. The number of nitrogens with zero attached hydrogens (tertiary/aromatic N) is 1. The number of amides is 2. The van der Waals surface area contributed by atoms with Gasteiger partial charge in [-0.25, -0.2) is 0 Å². The number of ether oxygens (including phenoxy) is 1. The smallest absolute Gasteiger partial charge is 0.293 e. The fourth-order valence-corrected chi connectivity index (χ4v) is 3.89. The molecule has 1 aliphatic heterocycles. The predicted octanol–water partition coefficient (Wildman–Crippen LogP) is 5.39. The van der Waals surface area contributed by atoms with Crippen molar-refractivity contribution < 1.29 is 14.3 Å². The molecule has 1 saturated heterocycles. The van der Waals surface area contributed by atoms with Gasteiger partial charge in [0.15, 0.2) is 0 Å². The van der Waals surface area contributed by atoms with Crippen LogP contribution in [0.4, 0.5) is 4.79 Å². The van der Waals surface area contributed by atoms with Crippen LogP contribution in [0.5, 0.6) is 5.75 Å². The standard InChI is InChI=1S/C20H18BrNO3S/c1-3-25-17-9-8-15(10-16(17)21)11-18-19(23)22(20(24)26-18)12-14-6-4-13(2)5-7-14/h4-11H,3,12H2,1-2H3/b18-11-. The van der Waals surface area contributed by atoms with Gasteiger partial charge in [0.25, 0.3) is 11.1 Å². The molecule has 2 amide bonds. The van der Waals surface area contributed by atoms with Gasteiger partial charge in [0.05, 0.1) is 22.5 Å². The van der Waals surface area contributed by atoms with Crippen LogP contribution in [0.1, 0.15) is 23.6 Å². The predicted molar refractivity (Wildman–Crippen MR) is 108 cm³/mol. The Hall–Kier alpha value is -2.05. The maximum Gasteiger partial charge on any atom is 0.293 e. The van der Waals surface area contributed by atoms with Crippen molar-refractivity contribution in [2.75, 3.05) is 6.61 Å². The lowest BCUT2D eigenvalue weighted by Gasteiger charge is -2.12. The molecule has 0 atom stereocenters. The summed E-state index contributed by atoms with van der Waals surface area (Å²) in [5.74, 6) is 0.489. The Kier molecular flexibility index (Phi) is 5.84. The highest BCUT2D eigenvalue weighted by Gasteiger charge is 2.34. The zero-order valence-corrected chi connectivity index (χ0v) is 16.9. The molecule has 0 spiro atoms. The fraction of sp³-hybridized carbons (Fsp3) is 0.200. The minimum absolute atomic E-state index is 0.244.